The number of thiophene rings is 1. The molecule has 7 heteroatoms. The highest BCUT2D eigenvalue weighted by molar-refractivity contribution is 7.12. The Labute approximate surface area is 72.8 Å². The van der Waals surface area contributed by atoms with Gasteiger partial charge in [-0.1, -0.05) is 0 Å². The summed E-state index contributed by atoms with van der Waals surface area (Å²) in [6.45, 7) is 0. The van der Waals surface area contributed by atoms with E-state index in [-0.39, 0.29) is 11.3 Å². The molecule has 1 aromatic rings. The molecular weight excluding hydrogens is 218 g/mol. The van der Waals surface area contributed by atoms with Crippen LogP contribution in [0.3, 0.4) is 0 Å². The molecule has 0 aliphatic rings. The van der Waals surface area contributed by atoms with E-state index in [1.54, 1.807) is 0 Å². The highest BCUT2D eigenvalue weighted by Crippen LogP contribution is 2.40. The van der Waals surface area contributed by atoms with Gasteiger partial charge in [0.05, 0.1) is 0 Å². The largest absolute Gasteiger partial charge is 0.425 e. The minimum absolute atomic E-state index is 0.303. The third-order valence-electron chi connectivity index (χ3n) is 1.16. The Morgan fingerprint density at radius 2 is 1.08 bits per heavy atom. The quantitative estimate of drug-likeness (QED) is 0.583. The van der Waals surface area contributed by atoms with Crippen molar-refractivity contribution in [2.45, 2.75) is 12.4 Å². The molecule has 0 fully saturated rings. The van der Waals surface area contributed by atoms with Gasteiger partial charge >= 0.3 is 12.4 Å². The molecule has 1 rings (SSSR count). The first-order chi connectivity index (χ1) is 5.71. The zero-order chi connectivity index (χ0) is 10.3. The maximum Gasteiger partial charge on any atom is 0.425 e. The molecule has 0 saturated heterocycles. The van der Waals surface area contributed by atoms with Gasteiger partial charge in [0.1, 0.15) is 9.75 Å². The minimum atomic E-state index is -4.70. The summed E-state index contributed by atoms with van der Waals surface area (Å²) >= 11 is -0.303. The Kier molecular flexibility index (Phi) is 2.31. The van der Waals surface area contributed by atoms with Crippen LogP contribution in [-0.2, 0) is 12.4 Å². The fraction of sp³-hybridized carbons (Fsp3) is 0.333. The summed E-state index contributed by atoms with van der Waals surface area (Å²) < 4.78 is 71.0. The maximum absolute atomic E-state index is 11.8. The number of rotatable bonds is 0. The number of hydrogen-bond acceptors (Lipinski definition) is 1. The van der Waals surface area contributed by atoms with Gasteiger partial charge in [-0.15, -0.1) is 11.3 Å². The van der Waals surface area contributed by atoms with Gasteiger partial charge < -0.3 is 0 Å². The van der Waals surface area contributed by atoms with Crippen molar-refractivity contribution < 1.29 is 26.3 Å². The van der Waals surface area contributed by atoms with Crippen LogP contribution < -0.4 is 0 Å². The van der Waals surface area contributed by atoms with Crippen LogP contribution in [0.2, 0.25) is 0 Å². The zero-order valence-corrected chi connectivity index (χ0v) is 6.65. The summed E-state index contributed by atoms with van der Waals surface area (Å²) in [5.74, 6) is 0. The molecule has 74 valence electrons. The van der Waals surface area contributed by atoms with Crippen LogP contribution in [0, 0.1) is 0 Å². The van der Waals surface area contributed by atoms with Gasteiger partial charge in [0.15, 0.2) is 0 Å². The molecule has 0 saturated carbocycles. The molecular formula is C6H2F6S. The normalized spacial score (nSPS) is 13.4. The minimum Gasteiger partial charge on any atom is -0.165 e. The summed E-state index contributed by atoms with van der Waals surface area (Å²) in [5, 5.41) is 0. The van der Waals surface area contributed by atoms with E-state index in [0.717, 1.165) is 0 Å². The molecule has 0 unspecified atom stereocenters. The maximum atomic E-state index is 11.8. The van der Waals surface area contributed by atoms with Crippen LogP contribution in [-0.4, -0.2) is 0 Å². The predicted octanol–water partition coefficient (Wildman–Crippen LogP) is 3.79. The van der Waals surface area contributed by atoms with Gasteiger partial charge in [-0.2, -0.15) is 26.3 Å². The van der Waals surface area contributed by atoms with E-state index in [1.165, 1.54) is 0 Å². The van der Waals surface area contributed by atoms with Gasteiger partial charge in [-0.25, -0.2) is 0 Å². The zero-order valence-electron chi connectivity index (χ0n) is 5.83. The summed E-state index contributed by atoms with van der Waals surface area (Å²) in [7, 11) is 0. The van der Waals surface area contributed by atoms with E-state index in [9.17, 15) is 26.3 Å². The summed E-state index contributed by atoms with van der Waals surface area (Å²) in [5.41, 5.74) is 0. The lowest BCUT2D eigenvalue weighted by Crippen LogP contribution is -2.02. The van der Waals surface area contributed by atoms with Crippen molar-refractivity contribution in [1.29, 1.82) is 0 Å². The van der Waals surface area contributed by atoms with E-state index >= 15 is 0 Å². The molecule has 0 radical (unpaired) electrons. The van der Waals surface area contributed by atoms with Crippen molar-refractivity contribution in [3.63, 3.8) is 0 Å². The van der Waals surface area contributed by atoms with Crippen LogP contribution in [0.1, 0.15) is 9.75 Å². The molecule has 1 heterocycles. The molecule has 0 nitrogen and oxygen atoms in total. The van der Waals surface area contributed by atoms with E-state index in [0.29, 0.717) is 12.1 Å². The monoisotopic (exact) mass is 220 g/mol. The number of hydrogen-bond donors (Lipinski definition) is 0. The predicted molar refractivity (Wildman–Crippen MR) is 34.3 cm³/mol. The summed E-state index contributed by atoms with van der Waals surface area (Å²) in [4.78, 5) is -2.47. The van der Waals surface area contributed by atoms with E-state index in [1.807, 2.05) is 0 Å². The molecule has 0 aliphatic carbocycles. The average Bonchev–Trinajstić information content (AvgIpc) is 2.28. The second-order valence-corrected chi connectivity index (χ2v) is 3.24. The first-order valence-electron chi connectivity index (χ1n) is 2.95. The molecule has 0 aliphatic heterocycles. The van der Waals surface area contributed by atoms with E-state index in [4.69, 9.17) is 0 Å². The molecule has 0 N–H and O–H groups in total. The van der Waals surface area contributed by atoms with Gasteiger partial charge in [0.25, 0.3) is 0 Å². The van der Waals surface area contributed by atoms with Crippen molar-refractivity contribution >= 4 is 11.3 Å². The van der Waals surface area contributed by atoms with Crippen LogP contribution >= 0.6 is 11.3 Å². The molecule has 1 aromatic heterocycles. The fourth-order valence-corrected chi connectivity index (χ4v) is 1.38. The van der Waals surface area contributed by atoms with Crippen molar-refractivity contribution in [2.24, 2.45) is 0 Å². The Balaban J connectivity index is 3.01. The second-order valence-electron chi connectivity index (χ2n) is 2.16. The lowest BCUT2D eigenvalue weighted by Gasteiger charge is -2.02. The van der Waals surface area contributed by atoms with Crippen molar-refractivity contribution in [3.05, 3.63) is 21.9 Å². The molecule has 13 heavy (non-hydrogen) atoms. The SMILES string of the molecule is FC(F)(F)c1ccc(C(F)(F)F)s1. The third kappa shape index (κ3) is 2.36. The third-order valence-corrected chi connectivity index (χ3v) is 2.34. The van der Waals surface area contributed by atoms with Crippen molar-refractivity contribution in [2.75, 3.05) is 0 Å². The first-order valence-corrected chi connectivity index (χ1v) is 3.77. The van der Waals surface area contributed by atoms with Gasteiger partial charge in [0.2, 0.25) is 0 Å². The fourth-order valence-electron chi connectivity index (χ4n) is 0.643. The Morgan fingerprint density at radius 1 is 0.769 bits per heavy atom. The van der Waals surface area contributed by atoms with Gasteiger partial charge in [-0.05, 0) is 12.1 Å². The Morgan fingerprint density at radius 3 is 1.23 bits per heavy atom. The van der Waals surface area contributed by atoms with Crippen LogP contribution in [0.4, 0.5) is 26.3 Å². The highest BCUT2D eigenvalue weighted by atomic mass is 32.1. The highest BCUT2D eigenvalue weighted by Gasteiger charge is 2.38. The van der Waals surface area contributed by atoms with Crippen molar-refractivity contribution in [3.8, 4) is 0 Å². The number of alkyl halides is 6. The van der Waals surface area contributed by atoms with E-state index < -0.39 is 22.1 Å². The molecule has 0 amide bonds. The smallest absolute Gasteiger partial charge is 0.165 e. The van der Waals surface area contributed by atoms with Crippen LogP contribution in [0.25, 0.3) is 0 Å². The summed E-state index contributed by atoms with van der Waals surface area (Å²) in [6, 6.07) is 0.848. The first kappa shape index (κ1) is 10.4. The molecule has 0 aromatic carbocycles. The van der Waals surface area contributed by atoms with Crippen molar-refractivity contribution in [1.82, 2.24) is 0 Å². The lowest BCUT2D eigenvalue weighted by molar-refractivity contribution is -0.134. The molecule has 0 bridgehead atoms. The van der Waals surface area contributed by atoms with E-state index in [2.05, 4.69) is 0 Å². The molecule has 0 atom stereocenters. The second kappa shape index (κ2) is 2.90. The van der Waals surface area contributed by atoms with Gasteiger partial charge in [0, 0.05) is 0 Å². The average molecular weight is 220 g/mol. The van der Waals surface area contributed by atoms with Gasteiger partial charge in [-0.3, -0.25) is 0 Å². The summed E-state index contributed by atoms with van der Waals surface area (Å²) in [6.07, 6.45) is -9.40. The Hall–Kier alpha value is -0.720. The Bertz CT molecular complexity index is 264. The molecule has 0 spiro atoms. The van der Waals surface area contributed by atoms with Crippen LogP contribution in [0.15, 0.2) is 12.1 Å². The van der Waals surface area contributed by atoms with Crippen LogP contribution in [0.5, 0.6) is 0 Å². The standard InChI is InChI=1S/C6H2F6S/c7-5(8,9)3-1-2-4(13-3)6(10,11)12/h1-2H. The topological polar surface area (TPSA) is 0 Å². The lowest BCUT2D eigenvalue weighted by atomic mass is 10.4. The number of halogens is 6.